The van der Waals surface area contributed by atoms with Gasteiger partial charge in [0, 0.05) is 0 Å². The lowest BCUT2D eigenvalue weighted by Crippen LogP contribution is -1.90. The minimum absolute atomic E-state index is 0.375. The van der Waals surface area contributed by atoms with Crippen molar-refractivity contribution in [3.05, 3.63) is 71.8 Å². The van der Waals surface area contributed by atoms with Crippen molar-refractivity contribution in [2.45, 2.75) is 12.8 Å². The maximum Gasteiger partial charge on any atom is 0.119 e. The maximum absolute atomic E-state index is 5.24. The van der Waals surface area contributed by atoms with E-state index < -0.39 is 0 Å². The van der Waals surface area contributed by atoms with Crippen molar-refractivity contribution >= 4 is 6.08 Å². The van der Waals surface area contributed by atoms with Gasteiger partial charge in [-0.2, -0.15) is 0 Å². The molecule has 1 heteroatoms. The fourth-order valence-corrected chi connectivity index (χ4v) is 1.86. The van der Waals surface area contributed by atoms with Crippen LogP contribution in [-0.2, 0) is 0 Å². The van der Waals surface area contributed by atoms with E-state index in [0.717, 1.165) is 5.75 Å². The van der Waals surface area contributed by atoms with Crippen LogP contribution >= 0.6 is 0 Å². The Balaban J connectivity index is 2.11. The summed E-state index contributed by atoms with van der Waals surface area (Å²) in [5.74, 6) is 1.28. The molecule has 2 aromatic carbocycles. The Morgan fingerprint density at radius 1 is 1.00 bits per heavy atom. The molecule has 0 radical (unpaired) electrons. The molecule has 0 heterocycles. The zero-order valence-corrected chi connectivity index (χ0v) is 10.8. The van der Waals surface area contributed by atoms with Crippen LogP contribution in [0.2, 0.25) is 0 Å². The molecule has 0 amide bonds. The molecule has 0 saturated carbocycles. The first kappa shape index (κ1) is 12.4. The Kier molecular flexibility index (Phi) is 4.19. The predicted octanol–water partition coefficient (Wildman–Crippen LogP) is 4.51. The molecule has 0 unspecified atom stereocenters. The van der Waals surface area contributed by atoms with Crippen LogP contribution in [0.4, 0.5) is 0 Å². The summed E-state index contributed by atoms with van der Waals surface area (Å²) < 4.78 is 5.24. The van der Waals surface area contributed by atoms with Crippen LogP contribution in [0.1, 0.15) is 24.0 Å². The zero-order chi connectivity index (χ0) is 12.8. The molecule has 0 N–H and O–H groups in total. The summed E-state index contributed by atoms with van der Waals surface area (Å²) in [7, 11) is 1.70. The summed E-state index contributed by atoms with van der Waals surface area (Å²) in [6.45, 7) is 2.19. The average molecular weight is 238 g/mol. The third-order valence-corrected chi connectivity index (χ3v) is 3.00. The van der Waals surface area contributed by atoms with Crippen LogP contribution in [0.15, 0.2) is 60.7 Å². The molecule has 2 rings (SSSR count). The molecule has 1 atom stereocenters. The molecule has 0 spiro atoms. The normalized spacial score (nSPS) is 12.6. The highest BCUT2D eigenvalue weighted by molar-refractivity contribution is 5.50. The quantitative estimate of drug-likeness (QED) is 0.761. The first-order valence-electron chi connectivity index (χ1n) is 6.17. The molecule has 0 aliphatic rings. The van der Waals surface area contributed by atoms with Gasteiger partial charge in [-0.15, -0.1) is 0 Å². The first-order valence-corrected chi connectivity index (χ1v) is 6.17. The van der Waals surface area contributed by atoms with Gasteiger partial charge in [-0.25, -0.2) is 0 Å². The highest BCUT2D eigenvalue weighted by Gasteiger charge is 2.02. The van der Waals surface area contributed by atoms with E-state index in [1.807, 2.05) is 18.2 Å². The summed E-state index contributed by atoms with van der Waals surface area (Å²) in [5, 5.41) is 0. The second-order valence-corrected chi connectivity index (χ2v) is 4.34. The minimum atomic E-state index is 0.375. The Bertz CT molecular complexity index is 514. The number of rotatable bonds is 4. The molecule has 92 valence electrons. The van der Waals surface area contributed by atoms with Crippen molar-refractivity contribution in [3.8, 4) is 5.75 Å². The minimum Gasteiger partial charge on any atom is -0.497 e. The third kappa shape index (κ3) is 3.24. The Morgan fingerprint density at radius 2 is 1.78 bits per heavy atom. The van der Waals surface area contributed by atoms with Gasteiger partial charge >= 0.3 is 0 Å². The number of hydrogen-bond donors (Lipinski definition) is 0. The van der Waals surface area contributed by atoms with Gasteiger partial charge < -0.3 is 4.74 Å². The van der Waals surface area contributed by atoms with Gasteiger partial charge in [-0.3, -0.25) is 0 Å². The number of ether oxygens (including phenoxy) is 1. The van der Waals surface area contributed by atoms with E-state index >= 15 is 0 Å². The smallest absolute Gasteiger partial charge is 0.119 e. The van der Waals surface area contributed by atoms with Gasteiger partial charge in [-0.05, 0) is 29.2 Å². The van der Waals surface area contributed by atoms with E-state index in [1.54, 1.807) is 7.11 Å². The maximum atomic E-state index is 5.24. The molecular weight excluding hydrogens is 220 g/mol. The molecular formula is C17H18O. The lowest BCUT2D eigenvalue weighted by atomic mass is 9.99. The molecule has 0 aliphatic carbocycles. The van der Waals surface area contributed by atoms with Gasteiger partial charge in [0.1, 0.15) is 5.75 Å². The van der Waals surface area contributed by atoms with E-state index in [4.69, 9.17) is 4.74 Å². The van der Waals surface area contributed by atoms with Crippen molar-refractivity contribution in [1.29, 1.82) is 0 Å². The summed E-state index contributed by atoms with van der Waals surface area (Å²) in [6.07, 6.45) is 4.37. The topological polar surface area (TPSA) is 9.23 Å². The lowest BCUT2D eigenvalue weighted by molar-refractivity contribution is 0.414. The first-order chi connectivity index (χ1) is 8.79. The Hall–Kier alpha value is -2.02. The van der Waals surface area contributed by atoms with Crippen molar-refractivity contribution < 1.29 is 4.74 Å². The number of methoxy groups -OCH3 is 1. The standard InChI is InChI=1S/C17H18O/c1-14(11-12-15-7-4-3-5-8-15)16-9-6-10-17(13-16)18-2/h3-14H,1-2H3/b12-11+/t14-/m1/s1. The van der Waals surface area contributed by atoms with Gasteiger partial charge in [0.25, 0.3) is 0 Å². The molecule has 2 aromatic rings. The highest BCUT2D eigenvalue weighted by Crippen LogP contribution is 2.22. The number of allylic oxidation sites excluding steroid dienone is 1. The molecule has 0 aromatic heterocycles. The van der Waals surface area contributed by atoms with Gasteiger partial charge in [0.2, 0.25) is 0 Å². The fourth-order valence-electron chi connectivity index (χ4n) is 1.86. The summed E-state index contributed by atoms with van der Waals surface area (Å²) in [4.78, 5) is 0. The van der Waals surface area contributed by atoms with Crippen LogP contribution in [0.3, 0.4) is 0 Å². The predicted molar refractivity (Wildman–Crippen MR) is 76.9 cm³/mol. The number of hydrogen-bond acceptors (Lipinski definition) is 1. The van der Waals surface area contributed by atoms with Crippen molar-refractivity contribution in [3.63, 3.8) is 0 Å². The third-order valence-electron chi connectivity index (χ3n) is 3.00. The van der Waals surface area contributed by atoms with E-state index in [-0.39, 0.29) is 0 Å². The van der Waals surface area contributed by atoms with Crippen molar-refractivity contribution in [1.82, 2.24) is 0 Å². The van der Waals surface area contributed by atoms with Crippen LogP contribution in [-0.4, -0.2) is 7.11 Å². The van der Waals surface area contributed by atoms with Crippen LogP contribution in [0, 0.1) is 0 Å². The van der Waals surface area contributed by atoms with E-state index in [2.05, 4.69) is 55.5 Å². The van der Waals surface area contributed by atoms with Crippen molar-refractivity contribution in [2.75, 3.05) is 7.11 Å². The molecule has 1 nitrogen and oxygen atoms in total. The van der Waals surface area contributed by atoms with Crippen molar-refractivity contribution in [2.24, 2.45) is 0 Å². The van der Waals surface area contributed by atoms with Gasteiger partial charge in [-0.1, -0.05) is 61.5 Å². The average Bonchev–Trinajstić information content (AvgIpc) is 2.46. The fraction of sp³-hybridized carbons (Fsp3) is 0.176. The molecule has 0 fully saturated rings. The molecule has 0 aliphatic heterocycles. The van der Waals surface area contributed by atoms with E-state index in [0.29, 0.717) is 5.92 Å². The second-order valence-electron chi connectivity index (χ2n) is 4.34. The largest absolute Gasteiger partial charge is 0.497 e. The monoisotopic (exact) mass is 238 g/mol. The highest BCUT2D eigenvalue weighted by atomic mass is 16.5. The summed E-state index contributed by atoms with van der Waals surface area (Å²) >= 11 is 0. The second kappa shape index (κ2) is 6.06. The molecule has 18 heavy (non-hydrogen) atoms. The Labute approximate surface area is 109 Å². The van der Waals surface area contributed by atoms with Gasteiger partial charge in [0.15, 0.2) is 0 Å². The summed E-state index contributed by atoms with van der Waals surface area (Å²) in [5.41, 5.74) is 2.49. The lowest BCUT2D eigenvalue weighted by Gasteiger charge is -2.08. The molecule has 0 saturated heterocycles. The Morgan fingerprint density at radius 3 is 2.50 bits per heavy atom. The summed E-state index contributed by atoms with van der Waals surface area (Å²) in [6, 6.07) is 18.6. The zero-order valence-electron chi connectivity index (χ0n) is 10.8. The number of benzene rings is 2. The van der Waals surface area contributed by atoms with E-state index in [9.17, 15) is 0 Å². The van der Waals surface area contributed by atoms with Gasteiger partial charge in [0.05, 0.1) is 7.11 Å². The van der Waals surface area contributed by atoms with Crippen LogP contribution in [0.25, 0.3) is 6.08 Å². The van der Waals surface area contributed by atoms with E-state index in [1.165, 1.54) is 11.1 Å². The van der Waals surface area contributed by atoms with Crippen LogP contribution < -0.4 is 4.74 Å². The van der Waals surface area contributed by atoms with Crippen LogP contribution in [0.5, 0.6) is 5.75 Å². The molecule has 0 bridgehead atoms. The SMILES string of the molecule is COc1cccc([C@H](C)/C=C/c2ccccc2)c1.